The highest BCUT2D eigenvalue weighted by Gasteiger charge is 2.15. The molecule has 5 heteroatoms. The lowest BCUT2D eigenvalue weighted by Crippen LogP contribution is -2.21. The van der Waals surface area contributed by atoms with Gasteiger partial charge in [0, 0.05) is 11.8 Å². The molecule has 0 heterocycles. The first-order chi connectivity index (χ1) is 12.4. The highest BCUT2D eigenvalue weighted by Crippen LogP contribution is 2.33. The highest BCUT2D eigenvalue weighted by atomic mass is 32.1. The average Bonchev–Trinajstić information content (AvgIpc) is 2.61. The Balaban J connectivity index is 2.31. The summed E-state index contributed by atoms with van der Waals surface area (Å²) in [6.45, 7) is 8.75. The van der Waals surface area contributed by atoms with Crippen molar-refractivity contribution >= 4 is 28.7 Å². The zero-order valence-electron chi connectivity index (χ0n) is 16.3. The van der Waals surface area contributed by atoms with Crippen LogP contribution in [0.3, 0.4) is 0 Å². The fraction of sp³-hybridized carbons (Fsp3) is 0.381. The van der Waals surface area contributed by atoms with Crippen LogP contribution in [-0.4, -0.2) is 19.3 Å². The Morgan fingerprint density at radius 1 is 0.885 bits per heavy atom. The quantitative estimate of drug-likeness (QED) is 0.631. The molecular formula is C21H28N2O2S. The second kappa shape index (κ2) is 8.90. The van der Waals surface area contributed by atoms with E-state index in [2.05, 4.69) is 56.5 Å². The summed E-state index contributed by atoms with van der Waals surface area (Å²) in [5.74, 6) is 2.23. The number of hydrogen-bond donors (Lipinski definition) is 2. The summed E-state index contributed by atoms with van der Waals surface area (Å²) in [6.07, 6.45) is 0. The lowest BCUT2D eigenvalue weighted by Gasteiger charge is -2.22. The topological polar surface area (TPSA) is 42.5 Å². The number of rotatable bonds is 6. The molecule has 0 saturated heterocycles. The van der Waals surface area contributed by atoms with Crippen molar-refractivity contribution in [3.8, 4) is 11.5 Å². The number of anilines is 2. The summed E-state index contributed by atoms with van der Waals surface area (Å²) in [5, 5.41) is 7.16. The van der Waals surface area contributed by atoms with Crippen LogP contribution in [0.5, 0.6) is 11.5 Å². The van der Waals surface area contributed by atoms with Gasteiger partial charge in [-0.25, -0.2) is 0 Å². The third kappa shape index (κ3) is 4.67. The van der Waals surface area contributed by atoms with E-state index in [9.17, 15) is 0 Å². The van der Waals surface area contributed by atoms with Crippen molar-refractivity contribution in [2.45, 2.75) is 39.5 Å². The van der Waals surface area contributed by atoms with Gasteiger partial charge >= 0.3 is 0 Å². The summed E-state index contributed by atoms with van der Waals surface area (Å²) in [6, 6.07) is 12.0. The first-order valence-corrected chi connectivity index (χ1v) is 9.21. The van der Waals surface area contributed by atoms with Crippen molar-refractivity contribution in [2.75, 3.05) is 24.9 Å². The lowest BCUT2D eigenvalue weighted by molar-refractivity contribution is 0.405. The van der Waals surface area contributed by atoms with E-state index in [1.165, 1.54) is 11.1 Å². The number of hydrogen-bond acceptors (Lipinski definition) is 3. The number of benzene rings is 2. The molecule has 140 valence electrons. The molecule has 4 nitrogen and oxygen atoms in total. The van der Waals surface area contributed by atoms with Crippen LogP contribution >= 0.6 is 12.2 Å². The van der Waals surface area contributed by atoms with Crippen LogP contribution in [0.1, 0.15) is 50.7 Å². The molecule has 2 N–H and O–H groups in total. The van der Waals surface area contributed by atoms with E-state index in [0.717, 1.165) is 17.1 Å². The maximum Gasteiger partial charge on any atom is 0.175 e. The zero-order valence-corrected chi connectivity index (χ0v) is 17.2. The third-order valence-corrected chi connectivity index (χ3v) is 4.47. The Kier molecular flexibility index (Phi) is 6.86. The smallest absolute Gasteiger partial charge is 0.175 e. The van der Waals surface area contributed by atoms with Crippen LogP contribution in [0.25, 0.3) is 0 Å². The van der Waals surface area contributed by atoms with Crippen LogP contribution in [0.15, 0.2) is 36.4 Å². The van der Waals surface area contributed by atoms with Crippen LogP contribution in [-0.2, 0) is 0 Å². The van der Waals surface area contributed by atoms with E-state index in [0.29, 0.717) is 22.7 Å². The Hall–Kier alpha value is -2.27. The van der Waals surface area contributed by atoms with Gasteiger partial charge in [0.1, 0.15) is 11.5 Å². The minimum atomic E-state index is 0.394. The highest BCUT2D eigenvalue weighted by molar-refractivity contribution is 7.80. The van der Waals surface area contributed by atoms with Crippen LogP contribution in [0, 0.1) is 0 Å². The SMILES string of the molecule is COc1ccc(OC)c(NC(=S)Nc2c(C(C)C)cccc2C(C)C)c1. The Morgan fingerprint density at radius 2 is 1.50 bits per heavy atom. The second-order valence-electron chi connectivity index (χ2n) is 6.77. The Labute approximate surface area is 161 Å². The largest absolute Gasteiger partial charge is 0.497 e. The first kappa shape index (κ1) is 20.0. The van der Waals surface area contributed by atoms with Gasteiger partial charge < -0.3 is 20.1 Å². The number of thiocarbonyl (C=S) groups is 1. The van der Waals surface area contributed by atoms with Gasteiger partial charge in [0.05, 0.1) is 19.9 Å². The summed E-state index contributed by atoms with van der Waals surface area (Å²) >= 11 is 5.58. The standard InChI is InChI=1S/C21H28N2O2S/c1-13(2)16-8-7-9-17(14(3)4)20(16)23-21(26)22-18-12-15(24-5)10-11-19(18)25-6/h7-14H,1-6H3,(H2,22,23,26). The minimum Gasteiger partial charge on any atom is -0.497 e. The Bertz CT molecular complexity index is 746. The first-order valence-electron chi connectivity index (χ1n) is 8.80. The normalized spacial score (nSPS) is 10.8. The third-order valence-electron chi connectivity index (χ3n) is 4.27. The van der Waals surface area contributed by atoms with Crippen molar-refractivity contribution in [1.82, 2.24) is 0 Å². The van der Waals surface area contributed by atoms with Gasteiger partial charge in [-0.15, -0.1) is 0 Å². The maximum absolute atomic E-state index is 5.58. The molecule has 0 unspecified atom stereocenters. The summed E-state index contributed by atoms with van der Waals surface area (Å²) < 4.78 is 10.7. The molecule has 0 atom stereocenters. The van der Waals surface area contributed by atoms with Crippen molar-refractivity contribution in [1.29, 1.82) is 0 Å². The molecule has 2 rings (SSSR count). The molecule has 2 aromatic carbocycles. The summed E-state index contributed by atoms with van der Waals surface area (Å²) in [4.78, 5) is 0. The number of nitrogens with one attached hydrogen (secondary N) is 2. The van der Waals surface area contributed by atoms with Gasteiger partial charge in [0.2, 0.25) is 0 Å². The van der Waals surface area contributed by atoms with E-state index in [-0.39, 0.29) is 0 Å². The molecule has 2 aromatic rings. The molecule has 0 aliphatic heterocycles. The average molecular weight is 373 g/mol. The molecule has 0 fully saturated rings. The van der Waals surface area contributed by atoms with Crippen molar-refractivity contribution < 1.29 is 9.47 Å². The maximum atomic E-state index is 5.58. The van der Waals surface area contributed by atoms with E-state index in [1.54, 1.807) is 14.2 Å². The van der Waals surface area contributed by atoms with Crippen LogP contribution in [0.2, 0.25) is 0 Å². The molecular weight excluding hydrogens is 344 g/mol. The molecule has 0 amide bonds. The van der Waals surface area contributed by atoms with Gasteiger partial charge in [-0.3, -0.25) is 0 Å². The van der Waals surface area contributed by atoms with Crippen molar-refractivity contribution in [3.05, 3.63) is 47.5 Å². The van der Waals surface area contributed by atoms with Crippen LogP contribution < -0.4 is 20.1 Å². The molecule has 0 saturated carbocycles. The van der Waals surface area contributed by atoms with E-state index < -0.39 is 0 Å². The van der Waals surface area contributed by atoms with Crippen molar-refractivity contribution in [3.63, 3.8) is 0 Å². The van der Waals surface area contributed by atoms with Crippen molar-refractivity contribution in [2.24, 2.45) is 0 Å². The predicted molar refractivity (Wildman–Crippen MR) is 114 cm³/mol. The monoisotopic (exact) mass is 372 g/mol. The lowest BCUT2D eigenvalue weighted by atomic mass is 9.93. The minimum absolute atomic E-state index is 0.394. The molecule has 0 bridgehead atoms. The van der Waals surface area contributed by atoms with Gasteiger partial charge in [-0.05, 0) is 47.3 Å². The predicted octanol–water partition coefficient (Wildman–Crippen LogP) is 5.76. The number of ether oxygens (including phenoxy) is 2. The fourth-order valence-corrected chi connectivity index (χ4v) is 3.09. The molecule has 0 aromatic heterocycles. The fourth-order valence-electron chi connectivity index (χ4n) is 2.87. The molecule has 0 aliphatic rings. The molecule has 0 spiro atoms. The van der Waals surface area contributed by atoms with E-state index in [1.807, 2.05) is 18.2 Å². The molecule has 0 aliphatic carbocycles. The summed E-state index contributed by atoms with van der Waals surface area (Å²) in [7, 11) is 3.27. The molecule has 0 radical (unpaired) electrons. The van der Waals surface area contributed by atoms with E-state index >= 15 is 0 Å². The second-order valence-corrected chi connectivity index (χ2v) is 7.17. The molecule has 26 heavy (non-hydrogen) atoms. The summed E-state index contributed by atoms with van der Waals surface area (Å²) in [5.41, 5.74) is 4.34. The number of para-hydroxylation sites is 1. The number of methoxy groups -OCH3 is 2. The van der Waals surface area contributed by atoms with Gasteiger partial charge in [0.25, 0.3) is 0 Å². The van der Waals surface area contributed by atoms with Gasteiger partial charge in [0.15, 0.2) is 5.11 Å². The Morgan fingerprint density at radius 3 is 2.00 bits per heavy atom. The van der Waals surface area contributed by atoms with Gasteiger partial charge in [-0.2, -0.15) is 0 Å². The van der Waals surface area contributed by atoms with E-state index in [4.69, 9.17) is 21.7 Å². The van der Waals surface area contributed by atoms with Gasteiger partial charge in [-0.1, -0.05) is 45.9 Å². The zero-order chi connectivity index (χ0) is 19.3. The van der Waals surface area contributed by atoms with Crippen LogP contribution in [0.4, 0.5) is 11.4 Å².